The van der Waals surface area contributed by atoms with Crippen molar-refractivity contribution in [2.45, 2.75) is 5.41 Å². The van der Waals surface area contributed by atoms with Crippen molar-refractivity contribution in [3.63, 3.8) is 0 Å². The molecule has 17 rings (SSSR count). The van der Waals surface area contributed by atoms with Crippen LogP contribution in [0.3, 0.4) is 0 Å². The van der Waals surface area contributed by atoms with Crippen molar-refractivity contribution in [2.24, 2.45) is 0 Å². The summed E-state index contributed by atoms with van der Waals surface area (Å²) < 4.78 is 2.48. The minimum Gasteiger partial charge on any atom is -0.310 e. The van der Waals surface area contributed by atoms with Gasteiger partial charge in [0.25, 0.3) is 0 Å². The molecule has 1 aliphatic heterocycles. The summed E-state index contributed by atoms with van der Waals surface area (Å²) in [6.07, 6.45) is 0. The molecule has 0 amide bonds. The van der Waals surface area contributed by atoms with Crippen molar-refractivity contribution >= 4 is 73.0 Å². The molecule has 6 nitrogen and oxygen atoms in total. The second-order valence-corrected chi connectivity index (χ2v) is 25.0. The number of anilines is 9. The summed E-state index contributed by atoms with van der Waals surface area (Å²) in [7, 11) is 0. The molecule has 0 saturated carbocycles. The van der Waals surface area contributed by atoms with Crippen LogP contribution in [0.1, 0.15) is 33.4 Å². The molecule has 0 fully saturated rings. The van der Waals surface area contributed by atoms with Crippen molar-refractivity contribution < 1.29 is 0 Å². The Morgan fingerprint density at radius 1 is 0.273 bits per heavy atom. The predicted octanol–water partition coefficient (Wildman–Crippen LogP) is 24.3. The van der Waals surface area contributed by atoms with Crippen molar-refractivity contribution in [3.8, 4) is 62.3 Å². The first-order chi connectivity index (χ1) is 49.0. The minimum absolute atomic E-state index is 0.550. The first-order valence-electron chi connectivity index (χ1n) is 33.4. The Balaban J connectivity index is 1.07. The van der Waals surface area contributed by atoms with Gasteiger partial charge < -0.3 is 19.3 Å². The molecule has 0 bridgehead atoms. The van der Waals surface area contributed by atoms with Crippen LogP contribution in [-0.2, 0) is 5.41 Å². The normalized spacial score (nSPS) is 12.1. The average molecular weight is 1260 g/mol. The number of hydrogen-bond acceptors (Lipinski definition) is 5. The lowest BCUT2D eigenvalue weighted by Gasteiger charge is -2.48. The van der Waals surface area contributed by atoms with E-state index in [1.54, 1.807) is 0 Å². The molecule has 2 heterocycles. The molecule has 16 aromatic rings. The number of para-hydroxylation sites is 4. The van der Waals surface area contributed by atoms with Crippen LogP contribution < -0.4 is 14.7 Å². The van der Waals surface area contributed by atoms with Crippen LogP contribution in [0, 0.1) is 22.7 Å². The van der Waals surface area contributed by atoms with Crippen molar-refractivity contribution in [2.75, 3.05) is 14.7 Å². The van der Waals surface area contributed by atoms with Crippen molar-refractivity contribution in [3.05, 3.63) is 409 Å². The van der Waals surface area contributed by atoms with Gasteiger partial charge >= 0.3 is 0 Å². The maximum atomic E-state index is 10.7. The molecule has 464 valence electrons. The Bertz CT molecular complexity index is 5360. The highest BCUT2D eigenvalue weighted by molar-refractivity contribution is 6.13. The standard InChI is InChI=1S/C93H62N6/c94-63-65-41-45-69(46-42-65)81-55-58-88(98-89-59-71(67-25-9-1-10-26-67)49-53-82(89)83-54-50-72(60-90(83)98)68-27-11-2-12-28-68)91(70-47-43-66(64-95)44-48-70)92(81)99-86-56-51-79(96(75-33-17-5-18-34-75)76-35-19-6-20-36-76)61-84(86)93(73-29-13-3-14-30-73,74-31-15-4-16-32-74)85-62-80(52-57-87(85)99)97(77-37-21-7-22-38-77)78-39-23-8-24-40-78/h1-62H. The van der Waals surface area contributed by atoms with Crippen molar-refractivity contribution in [1.29, 1.82) is 10.5 Å². The maximum absolute atomic E-state index is 10.7. The lowest BCUT2D eigenvalue weighted by molar-refractivity contribution is 0.731. The fourth-order valence-corrected chi connectivity index (χ4v) is 15.1. The summed E-state index contributed by atoms with van der Waals surface area (Å²) in [5, 5.41) is 23.3. The average Bonchev–Trinajstić information content (AvgIpc) is 0.857. The summed E-state index contributed by atoms with van der Waals surface area (Å²) in [4.78, 5) is 7.27. The Kier molecular flexibility index (Phi) is 15.2. The van der Waals surface area contributed by atoms with E-state index < -0.39 is 5.41 Å². The number of fused-ring (bicyclic) bond motifs is 5. The molecule has 0 atom stereocenters. The number of benzene rings is 15. The number of hydrogen-bond donors (Lipinski definition) is 0. The zero-order chi connectivity index (χ0) is 66.2. The zero-order valence-electron chi connectivity index (χ0n) is 54.0. The van der Waals surface area contributed by atoms with Gasteiger partial charge in [-0.3, -0.25) is 0 Å². The second kappa shape index (κ2) is 25.3. The van der Waals surface area contributed by atoms with E-state index in [1.807, 2.05) is 24.3 Å². The molecule has 99 heavy (non-hydrogen) atoms. The molecule has 15 aromatic carbocycles. The van der Waals surface area contributed by atoms with E-state index >= 15 is 0 Å². The van der Waals surface area contributed by atoms with Crippen LogP contribution in [-0.4, -0.2) is 4.57 Å². The predicted molar refractivity (Wildman–Crippen MR) is 408 cm³/mol. The Morgan fingerprint density at radius 2 is 0.616 bits per heavy atom. The van der Waals surface area contributed by atoms with Crippen LogP contribution >= 0.6 is 0 Å². The summed E-state index contributed by atoms with van der Waals surface area (Å²) >= 11 is 0. The third-order valence-electron chi connectivity index (χ3n) is 19.5. The van der Waals surface area contributed by atoms with Gasteiger partial charge in [-0.05, 0) is 183 Å². The highest BCUT2D eigenvalue weighted by atomic mass is 15.2. The number of aromatic nitrogens is 1. The fraction of sp³-hybridized carbons (Fsp3) is 0.0108. The van der Waals surface area contributed by atoms with E-state index in [4.69, 9.17) is 0 Å². The second-order valence-electron chi connectivity index (χ2n) is 25.0. The van der Waals surface area contributed by atoms with Crippen LogP contribution in [0.4, 0.5) is 51.2 Å². The smallest absolute Gasteiger partial charge is 0.0991 e. The van der Waals surface area contributed by atoms with Crippen LogP contribution in [0.25, 0.3) is 72.0 Å². The molecule has 0 aliphatic carbocycles. The van der Waals surface area contributed by atoms with E-state index in [-0.39, 0.29) is 0 Å². The summed E-state index contributed by atoms with van der Waals surface area (Å²) in [5.41, 5.74) is 24.3. The van der Waals surface area contributed by atoms with E-state index in [0.29, 0.717) is 11.1 Å². The van der Waals surface area contributed by atoms with Crippen LogP contribution in [0.15, 0.2) is 376 Å². The van der Waals surface area contributed by atoms with E-state index in [9.17, 15) is 10.5 Å². The van der Waals surface area contributed by atoms with Gasteiger partial charge in [-0.25, -0.2) is 0 Å². The SMILES string of the molecule is N#Cc1ccc(-c2ccc(-n3c4cc(-c5ccccc5)ccc4c4ccc(-c5ccccc5)cc43)c(-c3ccc(C#N)cc3)c2N2c3ccc(N(c4ccccc4)c4ccccc4)cc3C(c3ccccc3)(c3ccccc3)c3cc(N(c4ccccc4)c4ccccc4)ccc32)cc1. The first-order valence-corrected chi connectivity index (χ1v) is 33.4. The van der Waals surface area contributed by atoms with Gasteiger partial charge in [0.1, 0.15) is 0 Å². The summed E-state index contributed by atoms with van der Waals surface area (Å²) in [6, 6.07) is 140. The van der Waals surface area contributed by atoms with Gasteiger partial charge in [-0.1, -0.05) is 249 Å². The van der Waals surface area contributed by atoms with E-state index in [2.05, 4.69) is 383 Å². The van der Waals surface area contributed by atoms with Gasteiger partial charge in [0.15, 0.2) is 0 Å². The van der Waals surface area contributed by atoms with Gasteiger partial charge in [-0.2, -0.15) is 10.5 Å². The Hall–Kier alpha value is -13.5. The van der Waals surface area contributed by atoms with Crippen LogP contribution in [0.5, 0.6) is 0 Å². The van der Waals surface area contributed by atoms with Crippen molar-refractivity contribution in [1.82, 2.24) is 4.57 Å². The van der Waals surface area contributed by atoms with Gasteiger partial charge in [-0.15, -0.1) is 0 Å². The maximum Gasteiger partial charge on any atom is 0.0991 e. The van der Waals surface area contributed by atoms with Gasteiger partial charge in [0.05, 0.1) is 62.5 Å². The lowest BCUT2D eigenvalue weighted by atomic mass is 9.62. The molecule has 6 heteroatoms. The summed E-state index contributed by atoms with van der Waals surface area (Å²) in [5.74, 6) is 0. The molecule has 1 aliphatic rings. The van der Waals surface area contributed by atoms with Gasteiger partial charge in [0.2, 0.25) is 0 Å². The highest BCUT2D eigenvalue weighted by Crippen LogP contribution is 2.62. The monoisotopic (exact) mass is 1260 g/mol. The molecular formula is C93H62N6. The largest absolute Gasteiger partial charge is 0.310 e. The molecule has 0 spiro atoms. The lowest BCUT2D eigenvalue weighted by Crippen LogP contribution is -2.38. The van der Waals surface area contributed by atoms with Crippen LogP contribution in [0.2, 0.25) is 0 Å². The highest BCUT2D eigenvalue weighted by Gasteiger charge is 2.48. The number of nitrogens with zero attached hydrogens (tertiary/aromatic N) is 6. The molecular weight excluding hydrogens is 1200 g/mol. The van der Waals surface area contributed by atoms with E-state index in [0.717, 1.165) is 145 Å². The molecule has 0 N–H and O–H groups in total. The third-order valence-corrected chi connectivity index (χ3v) is 19.5. The Morgan fingerprint density at radius 3 is 1.00 bits per heavy atom. The van der Waals surface area contributed by atoms with E-state index in [1.165, 1.54) is 0 Å². The molecule has 0 radical (unpaired) electrons. The topological polar surface area (TPSA) is 62.2 Å². The number of nitriles is 2. The minimum atomic E-state index is -1.01. The fourth-order valence-electron chi connectivity index (χ4n) is 15.1. The number of rotatable bonds is 14. The Labute approximate surface area is 576 Å². The quantitative estimate of drug-likeness (QED) is 0.109. The molecule has 0 saturated heterocycles. The summed E-state index contributed by atoms with van der Waals surface area (Å²) in [6.45, 7) is 0. The van der Waals surface area contributed by atoms with Gasteiger partial charge in [0, 0.05) is 56.0 Å². The molecule has 1 aromatic heterocycles. The molecule has 0 unspecified atom stereocenters. The third kappa shape index (κ3) is 10.4. The first kappa shape index (κ1) is 59.2. The zero-order valence-corrected chi connectivity index (χ0v) is 54.0.